The summed E-state index contributed by atoms with van der Waals surface area (Å²) in [6.45, 7) is 4.64. The van der Waals surface area contributed by atoms with Gasteiger partial charge in [-0.05, 0) is 6.92 Å². The number of carbonyl (C=O) groups is 2. The van der Waals surface area contributed by atoms with Gasteiger partial charge in [-0.3, -0.25) is 4.79 Å². The third kappa shape index (κ3) is 15.9. The van der Waals surface area contributed by atoms with Crippen molar-refractivity contribution in [3.05, 3.63) is 12.2 Å². The molecule has 0 bridgehead atoms. The molecular formula is C7H13NO4. The molecule has 0 spiro atoms. The van der Waals surface area contributed by atoms with E-state index < -0.39 is 11.9 Å². The summed E-state index contributed by atoms with van der Waals surface area (Å²) >= 11 is 0. The number of hydrogen-bond acceptors (Lipinski definition) is 3. The lowest BCUT2D eigenvalue weighted by molar-refractivity contribution is -0.141. The first-order valence-electron chi connectivity index (χ1n) is 3.07. The van der Waals surface area contributed by atoms with Gasteiger partial charge in [-0.1, -0.05) is 6.58 Å². The van der Waals surface area contributed by atoms with Crippen molar-refractivity contribution in [1.82, 2.24) is 0 Å². The minimum Gasteiger partial charge on any atom is -0.480 e. The van der Waals surface area contributed by atoms with E-state index in [4.69, 9.17) is 10.8 Å². The van der Waals surface area contributed by atoms with Crippen LogP contribution in [0.4, 0.5) is 0 Å². The number of rotatable bonds is 3. The fraction of sp³-hybridized carbons (Fsp3) is 0.429. The van der Waals surface area contributed by atoms with Crippen LogP contribution in [-0.2, 0) is 14.3 Å². The highest BCUT2D eigenvalue weighted by atomic mass is 16.5. The molecule has 0 unspecified atom stereocenters. The molecule has 0 fully saturated rings. The first-order valence-corrected chi connectivity index (χ1v) is 3.07. The summed E-state index contributed by atoms with van der Waals surface area (Å²) < 4.78 is 4.20. The first-order chi connectivity index (χ1) is 5.41. The molecule has 0 aromatic rings. The number of carbonyl (C=O) groups excluding carboxylic acids is 1. The summed E-state index contributed by atoms with van der Waals surface area (Å²) in [5.74, 6) is -1.37. The predicted molar refractivity (Wildman–Crippen MR) is 43.5 cm³/mol. The van der Waals surface area contributed by atoms with Crippen molar-refractivity contribution in [3.8, 4) is 0 Å². The molecular weight excluding hydrogens is 162 g/mol. The van der Waals surface area contributed by atoms with Gasteiger partial charge < -0.3 is 15.6 Å². The van der Waals surface area contributed by atoms with Gasteiger partial charge in [0, 0.05) is 12.7 Å². The standard InChI is InChI=1S/C4H7NO.C3H6O3/c1-3(2)4(5)6;1-6-2-3(4)5/h1H2,2H3,(H2,5,6);2H2,1H3,(H,4,5). The van der Waals surface area contributed by atoms with Gasteiger partial charge in [0.25, 0.3) is 0 Å². The molecule has 3 N–H and O–H groups in total. The van der Waals surface area contributed by atoms with Gasteiger partial charge in [0.05, 0.1) is 0 Å². The van der Waals surface area contributed by atoms with Crippen molar-refractivity contribution in [3.63, 3.8) is 0 Å². The average Bonchev–Trinajstić information content (AvgIpc) is 1.87. The topological polar surface area (TPSA) is 89.6 Å². The Bertz CT molecular complexity index is 164. The number of carboxylic acid groups (broad SMARTS) is 1. The van der Waals surface area contributed by atoms with Crippen molar-refractivity contribution in [2.45, 2.75) is 6.92 Å². The SMILES string of the molecule is C=C(C)C(N)=O.COCC(=O)O. The summed E-state index contributed by atoms with van der Waals surface area (Å²) in [5, 5.41) is 7.79. The maximum absolute atomic E-state index is 9.82. The lowest BCUT2D eigenvalue weighted by Crippen LogP contribution is -2.10. The van der Waals surface area contributed by atoms with Crippen LogP contribution in [0.2, 0.25) is 0 Å². The van der Waals surface area contributed by atoms with Crippen molar-refractivity contribution in [1.29, 1.82) is 0 Å². The average molecular weight is 175 g/mol. The van der Waals surface area contributed by atoms with Crippen LogP contribution in [0.5, 0.6) is 0 Å². The molecule has 0 aromatic carbocycles. The molecule has 0 rings (SSSR count). The summed E-state index contributed by atoms with van der Waals surface area (Å²) in [6.07, 6.45) is 0. The van der Waals surface area contributed by atoms with E-state index in [9.17, 15) is 9.59 Å². The monoisotopic (exact) mass is 175 g/mol. The number of nitrogens with two attached hydrogens (primary N) is 1. The van der Waals surface area contributed by atoms with E-state index in [0.717, 1.165) is 0 Å². The van der Waals surface area contributed by atoms with Gasteiger partial charge in [0.1, 0.15) is 6.61 Å². The van der Waals surface area contributed by atoms with Crippen LogP contribution in [0.1, 0.15) is 6.92 Å². The van der Waals surface area contributed by atoms with E-state index in [1.807, 2.05) is 0 Å². The molecule has 0 saturated carbocycles. The number of aliphatic carboxylic acids is 1. The Balaban J connectivity index is 0. The maximum Gasteiger partial charge on any atom is 0.329 e. The minimum atomic E-state index is -0.933. The van der Waals surface area contributed by atoms with E-state index in [1.165, 1.54) is 7.11 Å². The van der Waals surface area contributed by atoms with Gasteiger partial charge in [-0.25, -0.2) is 4.79 Å². The molecule has 0 aliphatic rings. The normalized spacial score (nSPS) is 7.83. The third-order valence-electron chi connectivity index (χ3n) is 0.688. The van der Waals surface area contributed by atoms with Crippen molar-refractivity contribution < 1.29 is 19.4 Å². The molecule has 0 aliphatic heterocycles. The highest BCUT2D eigenvalue weighted by molar-refractivity contribution is 5.90. The zero-order valence-corrected chi connectivity index (χ0v) is 7.16. The van der Waals surface area contributed by atoms with Crippen LogP contribution in [0, 0.1) is 0 Å². The van der Waals surface area contributed by atoms with Crippen LogP contribution in [0.25, 0.3) is 0 Å². The second-order valence-electron chi connectivity index (χ2n) is 1.97. The Morgan fingerprint density at radius 2 is 1.92 bits per heavy atom. The third-order valence-corrected chi connectivity index (χ3v) is 0.688. The second-order valence-corrected chi connectivity index (χ2v) is 1.97. The number of carboxylic acids is 1. The quantitative estimate of drug-likeness (QED) is 0.579. The molecule has 0 aromatic heterocycles. The Labute approximate surface area is 70.8 Å². The summed E-state index contributed by atoms with van der Waals surface area (Å²) in [5.41, 5.74) is 5.09. The predicted octanol–water partition coefficient (Wildman–Crippen LogP) is -0.235. The number of ether oxygens (including phenoxy) is 1. The lowest BCUT2D eigenvalue weighted by atomic mass is 10.3. The van der Waals surface area contributed by atoms with E-state index in [-0.39, 0.29) is 6.61 Å². The molecule has 0 saturated heterocycles. The van der Waals surface area contributed by atoms with Crippen molar-refractivity contribution in [2.24, 2.45) is 5.73 Å². The smallest absolute Gasteiger partial charge is 0.329 e. The second kappa shape index (κ2) is 7.74. The number of amides is 1. The van der Waals surface area contributed by atoms with Gasteiger partial charge >= 0.3 is 5.97 Å². The maximum atomic E-state index is 9.82. The Hall–Kier alpha value is -1.36. The zero-order chi connectivity index (χ0) is 10.1. The summed E-state index contributed by atoms with van der Waals surface area (Å²) in [7, 11) is 1.34. The van der Waals surface area contributed by atoms with Crippen LogP contribution in [0.15, 0.2) is 12.2 Å². The van der Waals surface area contributed by atoms with E-state index >= 15 is 0 Å². The number of hydrogen-bond donors (Lipinski definition) is 2. The highest BCUT2D eigenvalue weighted by Crippen LogP contribution is 1.78. The fourth-order valence-electron chi connectivity index (χ4n) is 0.123. The molecule has 70 valence electrons. The minimum absolute atomic E-state index is 0.208. The Morgan fingerprint density at radius 3 is 1.92 bits per heavy atom. The Kier molecular flexibility index (Phi) is 8.55. The van der Waals surface area contributed by atoms with Gasteiger partial charge in [0.2, 0.25) is 5.91 Å². The summed E-state index contributed by atoms with van der Waals surface area (Å²) in [6, 6.07) is 0. The fourth-order valence-corrected chi connectivity index (χ4v) is 0.123. The molecule has 0 aliphatic carbocycles. The van der Waals surface area contributed by atoms with Crippen LogP contribution in [-0.4, -0.2) is 30.7 Å². The highest BCUT2D eigenvalue weighted by Gasteiger charge is 1.87. The molecule has 0 heterocycles. The number of methoxy groups -OCH3 is 1. The van der Waals surface area contributed by atoms with E-state index in [1.54, 1.807) is 6.92 Å². The molecule has 0 atom stereocenters. The first kappa shape index (κ1) is 13.2. The van der Waals surface area contributed by atoms with E-state index in [0.29, 0.717) is 5.57 Å². The van der Waals surface area contributed by atoms with Crippen LogP contribution in [0.3, 0.4) is 0 Å². The van der Waals surface area contributed by atoms with Gasteiger partial charge in [-0.2, -0.15) is 0 Å². The molecule has 0 radical (unpaired) electrons. The lowest BCUT2D eigenvalue weighted by Gasteiger charge is -1.83. The van der Waals surface area contributed by atoms with Crippen LogP contribution < -0.4 is 5.73 Å². The summed E-state index contributed by atoms with van der Waals surface area (Å²) in [4.78, 5) is 19.3. The molecule has 12 heavy (non-hydrogen) atoms. The van der Waals surface area contributed by atoms with E-state index in [2.05, 4.69) is 11.3 Å². The Morgan fingerprint density at radius 1 is 1.58 bits per heavy atom. The van der Waals surface area contributed by atoms with Gasteiger partial charge in [0.15, 0.2) is 0 Å². The van der Waals surface area contributed by atoms with Gasteiger partial charge in [-0.15, -0.1) is 0 Å². The molecule has 5 nitrogen and oxygen atoms in total. The van der Waals surface area contributed by atoms with Crippen molar-refractivity contribution >= 4 is 11.9 Å². The van der Waals surface area contributed by atoms with Crippen LogP contribution >= 0.6 is 0 Å². The molecule has 1 amide bonds. The largest absolute Gasteiger partial charge is 0.480 e. The number of primary amides is 1. The molecule has 5 heteroatoms. The zero-order valence-electron chi connectivity index (χ0n) is 7.16. The van der Waals surface area contributed by atoms with Crippen molar-refractivity contribution in [2.75, 3.05) is 13.7 Å².